The molecule has 2 rings (SSSR count). The number of pyridine rings is 1. The van der Waals surface area contributed by atoms with Crippen molar-refractivity contribution in [1.29, 1.82) is 0 Å². The van der Waals surface area contributed by atoms with Crippen LogP contribution in [0, 0.1) is 0 Å². The SMILES string of the molecule is CCCCCCCCCCCCCCCCCC(=O)OCCOCCOCCOCCOCCN(C)c1ccc(/C=C/c2cc[n+](C)cc2)cc1. The third-order valence-electron chi connectivity index (χ3n) is 8.97. The highest BCUT2D eigenvalue weighted by atomic mass is 16.6. The van der Waals surface area contributed by atoms with Crippen LogP contribution >= 0.6 is 0 Å². The van der Waals surface area contributed by atoms with Gasteiger partial charge in [-0.05, 0) is 29.7 Å². The Hall–Kier alpha value is -2.78. The third kappa shape index (κ3) is 25.8. The molecule has 8 nitrogen and oxygen atoms in total. The highest BCUT2D eigenvalue weighted by Gasteiger charge is 2.04. The fourth-order valence-corrected chi connectivity index (χ4v) is 5.68. The summed E-state index contributed by atoms with van der Waals surface area (Å²) in [6, 6.07) is 12.7. The lowest BCUT2D eigenvalue weighted by Gasteiger charge is -2.19. The van der Waals surface area contributed by atoms with Crippen molar-refractivity contribution in [2.24, 2.45) is 7.05 Å². The molecule has 0 unspecified atom stereocenters. The topological polar surface area (TPSA) is 70.3 Å². The number of nitrogens with zero attached hydrogens (tertiary/aromatic N) is 2. The lowest BCUT2D eigenvalue weighted by atomic mass is 10.0. The van der Waals surface area contributed by atoms with E-state index in [1.54, 1.807) is 0 Å². The average molecular weight is 712 g/mol. The first kappa shape index (κ1) is 44.4. The fraction of sp³-hybridized carbons (Fsp3) is 0.674. The molecule has 0 aliphatic heterocycles. The molecule has 0 atom stereocenters. The van der Waals surface area contributed by atoms with E-state index >= 15 is 0 Å². The summed E-state index contributed by atoms with van der Waals surface area (Å²) < 4.78 is 29.7. The van der Waals surface area contributed by atoms with Crippen LogP contribution in [0.25, 0.3) is 12.2 Å². The minimum absolute atomic E-state index is 0.120. The van der Waals surface area contributed by atoms with Gasteiger partial charge in [0, 0.05) is 37.8 Å². The van der Waals surface area contributed by atoms with Gasteiger partial charge in [0.25, 0.3) is 0 Å². The second-order valence-corrected chi connectivity index (χ2v) is 13.5. The number of hydrogen-bond acceptors (Lipinski definition) is 7. The minimum atomic E-state index is -0.120. The van der Waals surface area contributed by atoms with E-state index in [4.69, 9.17) is 23.7 Å². The Morgan fingerprint density at radius 1 is 0.569 bits per heavy atom. The Kier molecular flexibility index (Phi) is 27.8. The molecule has 0 amide bonds. The number of benzene rings is 1. The largest absolute Gasteiger partial charge is 0.463 e. The summed E-state index contributed by atoms with van der Waals surface area (Å²) in [4.78, 5) is 14.1. The summed E-state index contributed by atoms with van der Waals surface area (Å²) in [6.07, 6.45) is 28.7. The number of anilines is 1. The number of ether oxygens (including phenoxy) is 5. The van der Waals surface area contributed by atoms with Gasteiger partial charge in [0.1, 0.15) is 13.7 Å². The minimum Gasteiger partial charge on any atom is -0.463 e. The van der Waals surface area contributed by atoms with Crippen LogP contribution in [0.1, 0.15) is 121 Å². The van der Waals surface area contributed by atoms with E-state index in [-0.39, 0.29) is 5.97 Å². The number of esters is 1. The molecule has 0 bridgehead atoms. The Morgan fingerprint density at radius 2 is 0.980 bits per heavy atom. The number of aryl methyl sites for hydroxylation is 1. The van der Waals surface area contributed by atoms with Crippen LogP contribution in [0.4, 0.5) is 5.69 Å². The molecule has 1 heterocycles. The molecule has 8 heteroatoms. The highest BCUT2D eigenvalue weighted by Crippen LogP contribution is 2.16. The van der Waals surface area contributed by atoms with Crippen molar-refractivity contribution in [3.63, 3.8) is 0 Å². The first-order valence-electron chi connectivity index (χ1n) is 20.0. The van der Waals surface area contributed by atoms with E-state index in [9.17, 15) is 4.79 Å². The van der Waals surface area contributed by atoms with Gasteiger partial charge < -0.3 is 28.6 Å². The molecule has 0 radical (unpaired) electrons. The van der Waals surface area contributed by atoms with Gasteiger partial charge >= 0.3 is 5.97 Å². The maximum Gasteiger partial charge on any atom is 0.305 e. The smallest absolute Gasteiger partial charge is 0.305 e. The maximum atomic E-state index is 11.9. The first-order chi connectivity index (χ1) is 25.1. The van der Waals surface area contributed by atoms with Crippen LogP contribution in [-0.4, -0.2) is 79.0 Å². The Labute approximate surface area is 310 Å². The number of likely N-dealkylation sites (N-methyl/N-ethyl adjacent to an activating group) is 1. The summed E-state index contributed by atoms with van der Waals surface area (Å²) in [5.41, 5.74) is 3.51. The van der Waals surface area contributed by atoms with Gasteiger partial charge in [-0.25, -0.2) is 4.57 Å². The van der Waals surface area contributed by atoms with E-state index in [1.165, 1.54) is 94.6 Å². The van der Waals surface area contributed by atoms with Crippen LogP contribution in [0.15, 0.2) is 48.8 Å². The molecule has 0 saturated heterocycles. The molecule has 0 aliphatic rings. The Morgan fingerprint density at radius 3 is 1.47 bits per heavy atom. The Balaban J connectivity index is 1.27. The normalized spacial score (nSPS) is 11.4. The quantitative estimate of drug-likeness (QED) is 0.0408. The molecule has 288 valence electrons. The monoisotopic (exact) mass is 712 g/mol. The van der Waals surface area contributed by atoms with Gasteiger partial charge in [0.2, 0.25) is 0 Å². The van der Waals surface area contributed by atoms with E-state index in [0.29, 0.717) is 65.9 Å². The summed E-state index contributed by atoms with van der Waals surface area (Å²) in [6.45, 7) is 7.49. The lowest BCUT2D eigenvalue weighted by Crippen LogP contribution is -2.25. The van der Waals surface area contributed by atoms with Crippen LogP contribution in [0.3, 0.4) is 0 Å². The van der Waals surface area contributed by atoms with Gasteiger partial charge in [-0.15, -0.1) is 0 Å². The van der Waals surface area contributed by atoms with Crippen molar-refractivity contribution < 1.29 is 33.0 Å². The average Bonchev–Trinajstić information content (AvgIpc) is 3.14. The second-order valence-electron chi connectivity index (χ2n) is 13.5. The zero-order valence-electron chi connectivity index (χ0n) is 32.5. The molecule has 0 spiro atoms. The summed E-state index contributed by atoms with van der Waals surface area (Å²) in [5.74, 6) is -0.120. The molecule has 0 N–H and O–H groups in total. The van der Waals surface area contributed by atoms with Crippen molar-refractivity contribution in [1.82, 2.24) is 0 Å². The van der Waals surface area contributed by atoms with Crippen molar-refractivity contribution >= 4 is 23.8 Å². The van der Waals surface area contributed by atoms with E-state index < -0.39 is 0 Å². The summed E-state index contributed by atoms with van der Waals surface area (Å²) >= 11 is 0. The predicted molar refractivity (Wildman–Crippen MR) is 210 cm³/mol. The molecule has 0 fully saturated rings. The molecule has 0 aliphatic carbocycles. The van der Waals surface area contributed by atoms with E-state index in [1.807, 2.05) is 24.0 Å². The molecule has 1 aromatic carbocycles. The Bertz CT molecular complexity index is 1110. The van der Waals surface area contributed by atoms with Crippen LogP contribution in [0.2, 0.25) is 0 Å². The number of unbranched alkanes of at least 4 members (excludes halogenated alkanes) is 14. The van der Waals surface area contributed by atoms with Crippen molar-refractivity contribution in [2.45, 2.75) is 110 Å². The lowest BCUT2D eigenvalue weighted by molar-refractivity contribution is -0.671. The number of carbonyl (C=O) groups excluding carboxylic acids is 1. The molecule has 1 aromatic heterocycles. The molecular formula is C43H71N2O6+. The number of hydrogen-bond donors (Lipinski definition) is 0. The molecular weight excluding hydrogens is 640 g/mol. The van der Waals surface area contributed by atoms with Gasteiger partial charge in [-0.3, -0.25) is 4.79 Å². The number of carbonyl (C=O) groups is 1. The van der Waals surface area contributed by atoms with Crippen molar-refractivity contribution in [3.05, 3.63) is 59.9 Å². The van der Waals surface area contributed by atoms with Gasteiger partial charge in [0.15, 0.2) is 12.4 Å². The summed E-state index contributed by atoms with van der Waals surface area (Å²) in [5, 5.41) is 0. The molecule has 0 saturated carbocycles. The molecule has 51 heavy (non-hydrogen) atoms. The van der Waals surface area contributed by atoms with E-state index in [0.717, 1.165) is 25.1 Å². The van der Waals surface area contributed by atoms with Gasteiger partial charge in [0.05, 0.1) is 52.9 Å². The third-order valence-corrected chi connectivity index (χ3v) is 8.97. The second kappa shape index (κ2) is 31.9. The van der Waals surface area contributed by atoms with Crippen LogP contribution in [0.5, 0.6) is 0 Å². The van der Waals surface area contributed by atoms with Crippen molar-refractivity contribution in [3.8, 4) is 0 Å². The molecule has 2 aromatic rings. The van der Waals surface area contributed by atoms with Crippen LogP contribution < -0.4 is 9.47 Å². The standard InChI is InChI=1S/C43H71N2O6/c1-4-5-6-7-8-9-10-11-12-13-14-15-16-17-18-19-43(46)51-39-38-50-37-36-49-35-34-48-33-32-47-31-30-45(3)42-24-22-40(23-25-42)20-21-41-26-28-44(2)29-27-41/h20-29H,4-19,30-39H2,1-3H3/q+1. The number of rotatable bonds is 34. The zero-order chi connectivity index (χ0) is 36.5. The fourth-order valence-electron chi connectivity index (χ4n) is 5.68. The van der Waals surface area contributed by atoms with E-state index in [2.05, 4.69) is 67.4 Å². The number of aromatic nitrogens is 1. The predicted octanol–water partition coefficient (Wildman–Crippen LogP) is 8.99. The zero-order valence-corrected chi connectivity index (χ0v) is 32.5. The maximum absolute atomic E-state index is 11.9. The summed E-state index contributed by atoms with van der Waals surface area (Å²) in [7, 11) is 4.09. The van der Waals surface area contributed by atoms with Gasteiger partial charge in [-0.1, -0.05) is 121 Å². The highest BCUT2D eigenvalue weighted by molar-refractivity contribution is 5.70. The van der Waals surface area contributed by atoms with Gasteiger partial charge in [-0.2, -0.15) is 0 Å². The van der Waals surface area contributed by atoms with Crippen LogP contribution in [-0.2, 0) is 35.5 Å². The first-order valence-corrected chi connectivity index (χ1v) is 20.0. The van der Waals surface area contributed by atoms with Crippen molar-refractivity contribution in [2.75, 3.05) is 78.0 Å².